The third-order valence-electron chi connectivity index (χ3n) is 1.88. The fourth-order valence-electron chi connectivity index (χ4n) is 0.990. The number of aromatic nitrogens is 2. The third-order valence-corrected chi connectivity index (χ3v) is 5.67. The summed E-state index contributed by atoms with van der Waals surface area (Å²) in [5.74, 6) is 0.338. The van der Waals surface area contributed by atoms with Gasteiger partial charge in [-0.1, -0.05) is 0 Å². The summed E-state index contributed by atoms with van der Waals surface area (Å²) in [6.45, 7) is 2.06. The maximum absolute atomic E-state index is 10.6. The monoisotopic (exact) mass is 457 g/mol. The molecule has 2 heterocycles. The van der Waals surface area contributed by atoms with Gasteiger partial charge in [0.25, 0.3) is 0 Å². The normalized spacial score (nSPS) is 18.1. The molecule has 1 fully saturated rings. The Morgan fingerprint density at radius 1 is 1.11 bits per heavy atom. The quantitative estimate of drug-likeness (QED) is 0.299. The predicted octanol–water partition coefficient (Wildman–Crippen LogP) is -0.698. The zero-order valence-corrected chi connectivity index (χ0v) is 16.3. The topological polar surface area (TPSA) is 250 Å². The Hall–Kier alpha value is -0.990. The summed E-state index contributed by atoms with van der Waals surface area (Å²) in [4.78, 5) is 49.1. The number of anilines is 1. The van der Waals surface area contributed by atoms with E-state index in [2.05, 4.69) is 23.1 Å². The lowest BCUT2D eigenvalue weighted by Crippen LogP contribution is -2.10. The highest BCUT2D eigenvalue weighted by Gasteiger charge is 2.39. The van der Waals surface area contributed by atoms with Crippen molar-refractivity contribution < 1.29 is 55.9 Å². The van der Waals surface area contributed by atoms with Gasteiger partial charge < -0.3 is 34.8 Å². The largest absolute Gasteiger partial charge is 0.490 e. The first-order chi connectivity index (χ1) is 12.3. The molecule has 1 aromatic heterocycles. The number of nitrogens with zero attached hydrogens (tertiary/aromatic N) is 1. The molecule has 1 saturated heterocycles. The predicted molar refractivity (Wildman–Crippen MR) is 86.9 cm³/mol. The van der Waals surface area contributed by atoms with Crippen LogP contribution in [0.3, 0.4) is 0 Å². The van der Waals surface area contributed by atoms with E-state index in [1.54, 1.807) is 0 Å². The van der Waals surface area contributed by atoms with Gasteiger partial charge in [0.1, 0.15) is 12.6 Å². The van der Waals surface area contributed by atoms with Crippen LogP contribution in [0.15, 0.2) is 17.1 Å². The number of hydrogen-bond acceptors (Lipinski definition) is 11. The highest BCUT2D eigenvalue weighted by Crippen LogP contribution is 2.65. The van der Waals surface area contributed by atoms with E-state index < -0.39 is 29.2 Å². The molecule has 158 valence electrons. The van der Waals surface area contributed by atoms with Crippen LogP contribution in [0.5, 0.6) is 0 Å². The van der Waals surface area contributed by atoms with E-state index in [0.29, 0.717) is 19.7 Å². The number of hydrogen-bond donors (Lipinski definition) is 6. The number of phosphoric ester groups is 1. The number of nitrogens with two attached hydrogens (primary N) is 1. The summed E-state index contributed by atoms with van der Waals surface area (Å²) in [7, 11) is -14.8. The lowest BCUT2D eigenvalue weighted by molar-refractivity contribution is 0.0692. The van der Waals surface area contributed by atoms with Gasteiger partial charge in [-0.25, -0.2) is 23.5 Å². The van der Waals surface area contributed by atoms with Crippen LogP contribution in [0.2, 0.25) is 0 Å². The smallest absolute Gasteiger partial charge is 0.385 e. The van der Waals surface area contributed by atoms with Gasteiger partial charge in [0.2, 0.25) is 0 Å². The maximum atomic E-state index is 10.6. The molecule has 2 unspecified atom stereocenters. The molecule has 7 N–H and O–H groups in total. The van der Waals surface area contributed by atoms with Gasteiger partial charge in [0.05, 0.1) is 13.2 Å². The minimum atomic E-state index is -5.35. The summed E-state index contributed by atoms with van der Waals surface area (Å²) >= 11 is 0. The van der Waals surface area contributed by atoms with Gasteiger partial charge in [-0.15, -0.1) is 0 Å². The van der Waals surface area contributed by atoms with Crippen molar-refractivity contribution in [3.63, 3.8) is 0 Å². The lowest BCUT2D eigenvalue weighted by atomic mass is 10.6. The zero-order valence-electron chi connectivity index (χ0n) is 13.6. The number of H-pyrrole nitrogens is 1. The van der Waals surface area contributed by atoms with Crippen LogP contribution in [0.25, 0.3) is 0 Å². The second-order valence-corrected chi connectivity index (χ2v) is 8.57. The molecular weight excluding hydrogens is 439 g/mol. The summed E-state index contributed by atoms with van der Waals surface area (Å²) < 4.78 is 51.0. The van der Waals surface area contributed by atoms with Crippen molar-refractivity contribution in [2.45, 2.75) is 0 Å². The molecule has 27 heavy (non-hydrogen) atoms. The van der Waals surface area contributed by atoms with Gasteiger partial charge in [0, 0.05) is 13.3 Å². The molecule has 2 rings (SSSR count). The second kappa shape index (κ2) is 11.8. The van der Waals surface area contributed by atoms with Gasteiger partial charge in [-0.2, -0.15) is 8.62 Å². The first-order valence-electron chi connectivity index (χ1n) is 6.42. The lowest BCUT2D eigenvalue weighted by Gasteiger charge is -2.14. The van der Waals surface area contributed by atoms with Gasteiger partial charge >= 0.3 is 29.2 Å². The highest BCUT2D eigenvalue weighted by molar-refractivity contribution is 7.66. The molecule has 2 atom stereocenters. The molecular formula is C8H18N3O13P3. The fraction of sp³-hybridized carbons (Fsp3) is 0.500. The number of nitrogens with one attached hydrogen (secondary N) is 1. The van der Waals surface area contributed by atoms with Crippen LogP contribution in [-0.4, -0.2) is 56.7 Å². The molecule has 0 bridgehead atoms. The number of phosphoric acid groups is 3. The minimum absolute atomic E-state index is 0.338. The molecule has 0 radical (unpaired) electrons. The summed E-state index contributed by atoms with van der Waals surface area (Å²) in [6, 6.07) is 1.52. The van der Waals surface area contributed by atoms with Gasteiger partial charge in [0.15, 0.2) is 0 Å². The Balaban J connectivity index is 0.000000429. The molecule has 1 aromatic rings. The van der Waals surface area contributed by atoms with E-state index in [-0.39, 0.29) is 0 Å². The van der Waals surface area contributed by atoms with Crippen LogP contribution in [0.1, 0.15) is 0 Å². The number of ether oxygens (including phenoxy) is 2. The Morgan fingerprint density at radius 3 is 1.96 bits per heavy atom. The summed E-state index contributed by atoms with van der Waals surface area (Å²) in [6.07, 6.45) is 1.36. The van der Waals surface area contributed by atoms with Crippen molar-refractivity contribution in [2.24, 2.45) is 0 Å². The first kappa shape index (κ1) is 26.0. The summed E-state index contributed by atoms with van der Waals surface area (Å²) in [5, 5.41) is 0. The average Bonchev–Trinajstić information content (AvgIpc) is 3.03. The number of nitrogen functional groups attached to an aromatic ring is 1. The molecule has 0 aliphatic carbocycles. The van der Waals surface area contributed by atoms with Crippen molar-refractivity contribution in [3.05, 3.63) is 22.7 Å². The first-order valence-corrected chi connectivity index (χ1v) is 10.9. The maximum Gasteiger partial charge on any atom is 0.490 e. The summed E-state index contributed by atoms with van der Waals surface area (Å²) in [5.41, 5.74) is 4.75. The van der Waals surface area contributed by atoms with E-state index in [0.717, 1.165) is 13.2 Å². The van der Waals surface area contributed by atoms with Crippen molar-refractivity contribution in [1.82, 2.24) is 9.97 Å². The van der Waals surface area contributed by atoms with E-state index in [1.807, 2.05) is 0 Å². The third kappa shape index (κ3) is 15.7. The van der Waals surface area contributed by atoms with Crippen LogP contribution < -0.4 is 11.4 Å². The van der Waals surface area contributed by atoms with Crippen molar-refractivity contribution >= 4 is 29.3 Å². The van der Waals surface area contributed by atoms with Gasteiger partial charge in [-0.05, 0) is 6.07 Å². The van der Waals surface area contributed by atoms with Crippen molar-refractivity contribution in [1.29, 1.82) is 0 Å². The Bertz CT molecular complexity index is 752. The second-order valence-electron chi connectivity index (χ2n) is 4.04. The molecule has 16 nitrogen and oxygen atoms in total. The highest BCUT2D eigenvalue weighted by atomic mass is 31.3. The van der Waals surface area contributed by atoms with E-state index in [4.69, 9.17) is 34.8 Å². The molecule has 1 aliphatic heterocycles. The Morgan fingerprint density at radius 2 is 1.67 bits per heavy atom. The van der Waals surface area contributed by atoms with Crippen molar-refractivity contribution in [2.75, 3.05) is 32.9 Å². The van der Waals surface area contributed by atoms with Gasteiger partial charge in [-0.3, -0.25) is 9.51 Å². The SMILES string of the molecule is C1COCO1.COP(=O)(O)OP(=O)(O)OP(=O)(O)O.Nc1ccnc(=O)[nH]1. The van der Waals surface area contributed by atoms with E-state index in [9.17, 15) is 18.5 Å². The molecule has 19 heteroatoms. The fourth-order valence-corrected chi connectivity index (χ4v) is 3.76. The molecule has 0 amide bonds. The minimum Gasteiger partial charge on any atom is -0.385 e. The zero-order chi connectivity index (χ0) is 21.1. The molecule has 0 aromatic carbocycles. The Labute approximate surface area is 151 Å². The molecule has 1 aliphatic rings. The standard InChI is InChI=1S/C4H5N3O.C3H6O2.CH7O10P3/c5-3-1-2-6-4(8)7-3;1-2-5-3-4-1;1-9-13(5,6)11-14(7,8)10-12(2,3)4/h1-2H,(H3,5,6,7,8);1-3H2;1H3,(H,5,6)(H,7,8)(H2,2,3,4). The van der Waals surface area contributed by atoms with E-state index >= 15 is 0 Å². The molecule has 0 saturated carbocycles. The number of aromatic amines is 1. The molecule has 0 spiro atoms. The van der Waals surface area contributed by atoms with Crippen LogP contribution in [-0.2, 0) is 36.3 Å². The van der Waals surface area contributed by atoms with E-state index in [1.165, 1.54) is 12.3 Å². The Kier molecular flexibility index (Phi) is 11.3. The van der Waals surface area contributed by atoms with Crippen molar-refractivity contribution in [3.8, 4) is 0 Å². The van der Waals surface area contributed by atoms with Crippen LogP contribution >= 0.6 is 23.5 Å². The average molecular weight is 457 g/mol. The van der Waals surface area contributed by atoms with Crippen LogP contribution in [0, 0.1) is 0 Å². The number of rotatable bonds is 5. The van der Waals surface area contributed by atoms with Crippen LogP contribution in [0.4, 0.5) is 5.82 Å².